The fourth-order valence-electron chi connectivity index (χ4n) is 7.59. The minimum atomic E-state index is 0.302. The molecular formula is C25H45P. The van der Waals surface area contributed by atoms with Crippen LogP contribution in [0.5, 0.6) is 0 Å². The van der Waals surface area contributed by atoms with Crippen LogP contribution in [-0.2, 0) is 0 Å². The molecule has 0 spiro atoms. The molecule has 4 aliphatic carbocycles. The molecule has 0 aromatic heterocycles. The summed E-state index contributed by atoms with van der Waals surface area (Å²) in [4.78, 5) is 0. The van der Waals surface area contributed by atoms with Crippen LogP contribution in [-0.4, -0.2) is 17.0 Å². The van der Waals surface area contributed by atoms with Gasteiger partial charge in [-0.15, -0.1) is 0 Å². The topological polar surface area (TPSA) is 0 Å². The molecular weight excluding hydrogens is 331 g/mol. The Morgan fingerprint density at radius 3 is 1.50 bits per heavy atom. The number of hydrogen-bond acceptors (Lipinski definition) is 0. The first-order valence-electron chi connectivity index (χ1n) is 12.6. The normalized spacial score (nSPS) is 38.5. The van der Waals surface area contributed by atoms with Gasteiger partial charge >= 0.3 is 0 Å². The van der Waals surface area contributed by atoms with Gasteiger partial charge in [0.05, 0.1) is 0 Å². The molecule has 0 N–H and O–H groups in total. The predicted octanol–water partition coefficient (Wildman–Crippen LogP) is 8.52. The van der Waals surface area contributed by atoms with E-state index < -0.39 is 0 Å². The monoisotopic (exact) mass is 376 g/mol. The van der Waals surface area contributed by atoms with Crippen molar-refractivity contribution in [2.75, 3.05) is 0 Å². The Hall–Kier alpha value is 0.430. The van der Waals surface area contributed by atoms with Crippen molar-refractivity contribution in [2.45, 2.75) is 139 Å². The molecule has 4 aliphatic rings. The predicted molar refractivity (Wildman–Crippen MR) is 118 cm³/mol. The lowest BCUT2D eigenvalue weighted by Crippen LogP contribution is -2.39. The lowest BCUT2D eigenvalue weighted by Gasteiger charge is -2.50. The van der Waals surface area contributed by atoms with E-state index in [1.807, 2.05) is 0 Å². The Bertz CT molecular complexity index is 388. The van der Waals surface area contributed by atoms with Crippen molar-refractivity contribution in [3.63, 3.8) is 0 Å². The maximum atomic E-state index is 2.62. The molecule has 4 fully saturated rings. The third kappa shape index (κ3) is 4.53. The van der Waals surface area contributed by atoms with Gasteiger partial charge in [-0.05, 0) is 79.7 Å². The van der Waals surface area contributed by atoms with Crippen LogP contribution in [0.3, 0.4) is 0 Å². The highest BCUT2D eigenvalue weighted by Gasteiger charge is 2.44. The molecule has 26 heavy (non-hydrogen) atoms. The second-order valence-electron chi connectivity index (χ2n) is 10.5. The van der Waals surface area contributed by atoms with Crippen molar-refractivity contribution >= 4 is 7.92 Å². The minimum Gasteiger partial charge on any atom is -0.0969 e. The summed E-state index contributed by atoms with van der Waals surface area (Å²) in [5, 5.41) is 0. The summed E-state index contributed by atoms with van der Waals surface area (Å²) in [6.45, 7) is 2.62. The van der Waals surface area contributed by atoms with Crippen LogP contribution in [0.15, 0.2) is 0 Å². The molecule has 4 unspecified atom stereocenters. The molecule has 4 rings (SSSR count). The summed E-state index contributed by atoms with van der Waals surface area (Å²) < 4.78 is 0. The molecule has 1 heteroatoms. The van der Waals surface area contributed by atoms with E-state index in [1.165, 1.54) is 36.2 Å². The van der Waals surface area contributed by atoms with Crippen molar-refractivity contribution in [3.05, 3.63) is 0 Å². The Balaban J connectivity index is 1.56. The van der Waals surface area contributed by atoms with Crippen LogP contribution in [0.25, 0.3) is 0 Å². The zero-order valence-electron chi connectivity index (χ0n) is 17.6. The fourth-order valence-corrected chi connectivity index (χ4v) is 12.5. The maximum Gasteiger partial charge on any atom is -0.0173 e. The molecule has 4 atom stereocenters. The van der Waals surface area contributed by atoms with E-state index in [1.54, 1.807) is 96.3 Å². The summed E-state index contributed by atoms with van der Waals surface area (Å²) in [6.07, 6.45) is 28.4. The molecule has 0 saturated heterocycles. The van der Waals surface area contributed by atoms with E-state index in [0.717, 1.165) is 17.8 Å². The zero-order chi connectivity index (χ0) is 17.8. The average molecular weight is 377 g/mol. The molecule has 0 bridgehead atoms. The average Bonchev–Trinajstić information content (AvgIpc) is 2.71. The lowest BCUT2D eigenvalue weighted by atomic mass is 9.68. The van der Waals surface area contributed by atoms with Gasteiger partial charge in [-0.3, -0.25) is 0 Å². The first kappa shape index (κ1) is 19.7. The second-order valence-corrected chi connectivity index (χ2v) is 13.5. The van der Waals surface area contributed by atoms with Gasteiger partial charge in [-0.25, -0.2) is 0 Å². The fraction of sp³-hybridized carbons (Fsp3) is 1.00. The Morgan fingerprint density at radius 2 is 0.923 bits per heavy atom. The Labute approximate surface area is 165 Å². The van der Waals surface area contributed by atoms with Crippen LogP contribution in [0.2, 0.25) is 0 Å². The zero-order valence-corrected chi connectivity index (χ0v) is 18.5. The summed E-state index contributed by atoms with van der Waals surface area (Å²) in [5.74, 6) is 3.27. The van der Waals surface area contributed by atoms with Gasteiger partial charge in [-0.2, -0.15) is 0 Å². The third-order valence-electron chi connectivity index (χ3n) is 8.88. The van der Waals surface area contributed by atoms with Gasteiger partial charge in [0, 0.05) is 0 Å². The number of hydrogen-bond donors (Lipinski definition) is 0. The van der Waals surface area contributed by atoms with Crippen LogP contribution < -0.4 is 0 Å². The van der Waals surface area contributed by atoms with E-state index in [9.17, 15) is 0 Å². The second kappa shape index (κ2) is 9.76. The summed E-state index contributed by atoms with van der Waals surface area (Å²) in [7, 11) is 0.302. The molecule has 0 aliphatic heterocycles. The van der Waals surface area contributed by atoms with Gasteiger partial charge < -0.3 is 0 Å². The molecule has 0 nitrogen and oxygen atoms in total. The van der Waals surface area contributed by atoms with Gasteiger partial charge in [0.15, 0.2) is 0 Å². The summed E-state index contributed by atoms with van der Waals surface area (Å²) >= 11 is 0. The highest BCUT2D eigenvalue weighted by Crippen LogP contribution is 2.64. The third-order valence-corrected chi connectivity index (χ3v) is 13.0. The van der Waals surface area contributed by atoms with Gasteiger partial charge in [-0.1, -0.05) is 85.5 Å². The van der Waals surface area contributed by atoms with E-state index in [2.05, 4.69) is 6.92 Å². The highest BCUT2D eigenvalue weighted by atomic mass is 31.1. The molecule has 0 heterocycles. The first-order valence-corrected chi connectivity index (χ1v) is 14.2. The van der Waals surface area contributed by atoms with Crippen molar-refractivity contribution in [3.8, 4) is 0 Å². The summed E-state index contributed by atoms with van der Waals surface area (Å²) in [6, 6.07) is 0. The molecule has 0 aromatic rings. The quantitative estimate of drug-likeness (QED) is 0.431. The van der Waals surface area contributed by atoms with Crippen LogP contribution in [0.4, 0.5) is 0 Å². The van der Waals surface area contributed by atoms with Crippen molar-refractivity contribution in [1.29, 1.82) is 0 Å². The van der Waals surface area contributed by atoms with Crippen LogP contribution in [0.1, 0.15) is 122 Å². The van der Waals surface area contributed by atoms with Gasteiger partial charge in [0.25, 0.3) is 0 Å². The van der Waals surface area contributed by atoms with E-state index >= 15 is 0 Å². The molecule has 150 valence electrons. The van der Waals surface area contributed by atoms with Crippen LogP contribution >= 0.6 is 7.92 Å². The van der Waals surface area contributed by atoms with Crippen molar-refractivity contribution < 1.29 is 0 Å². The number of rotatable bonds is 4. The molecule has 4 saturated carbocycles. The standard InChI is InChI=1S/C25H45P/c1-20-12-8-9-17-23(20)24-18-10-11-19-25(24)26(21-13-4-2-5-14-21)22-15-6-3-7-16-22/h20-25H,2-19H2,1H3. The smallest absolute Gasteiger partial charge is 0.0173 e. The van der Waals surface area contributed by atoms with Crippen molar-refractivity contribution in [1.82, 2.24) is 0 Å². The van der Waals surface area contributed by atoms with E-state index in [-0.39, 0.29) is 0 Å². The van der Waals surface area contributed by atoms with Gasteiger partial charge in [0.2, 0.25) is 0 Å². The lowest BCUT2D eigenvalue weighted by molar-refractivity contribution is 0.142. The molecule has 0 aromatic carbocycles. The molecule has 0 radical (unpaired) electrons. The van der Waals surface area contributed by atoms with E-state index in [4.69, 9.17) is 0 Å². The largest absolute Gasteiger partial charge is 0.0969 e. The Morgan fingerprint density at radius 1 is 0.462 bits per heavy atom. The summed E-state index contributed by atoms with van der Waals surface area (Å²) in [5.41, 5.74) is 3.52. The highest BCUT2D eigenvalue weighted by molar-refractivity contribution is 7.60. The van der Waals surface area contributed by atoms with Crippen molar-refractivity contribution in [2.24, 2.45) is 17.8 Å². The minimum absolute atomic E-state index is 0.302. The van der Waals surface area contributed by atoms with Gasteiger partial charge in [0.1, 0.15) is 0 Å². The Kier molecular flexibility index (Phi) is 7.41. The maximum absolute atomic E-state index is 2.62. The SMILES string of the molecule is CC1CCCCC1C1CCCCC1P(C1CCCCC1)C1CCCCC1. The molecule has 0 amide bonds. The van der Waals surface area contributed by atoms with Crippen LogP contribution in [0, 0.1) is 17.8 Å². The first-order chi connectivity index (χ1) is 12.8. The van der Waals surface area contributed by atoms with E-state index in [0.29, 0.717) is 7.92 Å².